The fraction of sp³-hybridized carbons (Fsp3) is 0.269. The fourth-order valence-electron chi connectivity index (χ4n) is 4.39. The number of para-hydroxylation sites is 1. The van der Waals surface area contributed by atoms with E-state index in [9.17, 15) is 8.42 Å². The van der Waals surface area contributed by atoms with Gasteiger partial charge in [-0.05, 0) is 50.1 Å². The number of aromatic nitrogens is 3. The van der Waals surface area contributed by atoms with Crippen LogP contribution in [0.4, 0.5) is 5.82 Å². The van der Waals surface area contributed by atoms with Crippen LogP contribution in [-0.4, -0.2) is 54.6 Å². The van der Waals surface area contributed by atoms with Gasteiger partial charge < -0.3 is 15.0 Å². The Morgan fingerprint density at radius 2 is 1.86 bits per heavy atom. The second kappa shape index (κ2) is 9.98. The summed E-state index contributed by atoms with van der Waals surface area (Å²) in [4.78, 5) is 15.5. The number of hydrogen-bond donors (Lipinski definition) is 1. The molecular formula is C26H28N6O3S. The number of hydrogen-bond acceptors (Lipinski definition) is 7. The molecule has 4 aromatic rings. The highest BCUT2D eigenvalue weighted by atomic mass is 32.2. The van der Waals surface area contributed by atoms with E-state index in [-0.39, 0.29) is 10.9 Å². The second-order valence-electron chi connectivity index (χ2n) is 8.74. The minimum Gasteiger partial charge on any atom is -0.426 e. The first-order chi connectivity index (χ1) is 17.5. The Morgan fingerprint density at radius 3 is 2.61 bits per heavy atom. The van der Waals surface area contributed by atoms with Crippen LogP contribution in [-0.2, 0) is 10.0 Å². The van der Waals surface area contributed by atoms with E-state index < -0.39 is 10.0 Å². The molecule has 1 saturated heterocycles. The molecule has 1 fully saturated rings. The van der Waals surface area contributed by atoms with E-state index >= 15 is 0 Å². The zero-order valence-corrected chi connectivity index (χ0v) is 21.0. The van der Waals surface area contributed by atoms with Crippen LogP contribution >= 0.6 is 0 Å². The molecule has 5 rings (SSSR count). The van der Waals surface area contributed by atoms with Crippen LogP contribution in [0.15, 0.2) is 83.1 Å². The number of rotatable bonds is 5. The second-order valence-corrected chi connectivity index (χ2v) is 10.6. The summed E-state index contributed by atoms with van der Waals surface area (Å²) in [6.45, 7) is 3.39. The van der Waals surface area contributed by atoms with Gasteiger partial charge in [-0.3, -0.25) is 0 Å². The number of piperidine rings is 1. The van der Waals surface area contributed by atoms with Gasteiger partial charge in [-0.25, -0.2) is 27.4 Å². The van der Waals surface area contributed by atoms with Crippen LogP contribution in [0.5, 0.6) is 5.75 Å². The van der Waals surface area contributed by atoms with Crippen molar-refractivity contribution in [2.45, 2.75) is 30.7 Å². The highest BCUT2D eigenvalue weighted by Crippen LogP contribution is 2.29. The molecule has 0 aliphatic carbocycles. The lowest BCUT2D eigenvalue weighted by atomic mass is 10.1. The first kappa shape index (κ1) is 23.8. The molecule has 1 unspecified atom stereocenters. The molecule has 0 amide bonds. The van der Waals surface area contributed by atoms with Gasteiger partial charge in [0.25, 0.3) is 16.0 Å². The average molecular weight is 505 g/mol. The van der Waals surface area contributed by atoms with Crippen molar-refractivity contribution >= 4 is 32.9 Å². The topological polar surface area (TPSA) is 102 Å². The van der Waals surface area contributed by atoms with Gasteiger partial charge >= 0.3 is 0 Å². The Hall–Kier alpha value is -3.92. The van der Waals surface area contributed by atoms with Gasteiger partial charge in [0, 0.05) is 32.4 Å². The predicted octanol–water partition coefficient (Wildman–Crippen LogP) is 3.60. The molecule has 10 heteroatoms. The van der Waals surface area contributed by atoms with E-state index in [0.29, 0.717) is 35.2 Å². The lowest BCUT2D eigenvalue weighted by Gasteiger charge is -2.34. The minimum absolute atomic E-state index is 0.0876. The quantitative estimate of drug-likeness (QED) is 0.327. The van der Waals surface area contributed by atoms with Crippen LogP contribution in [0.2, 0.25) is 0 Å². The largest absolute Gasteiger partial charge is 0.426 e. The summed E-state index contributed by atoms with van der Waals surface area (Å²) in [5.74, 6) is 1.43. The Balaban J connectivity index is 1.38. The smallest absolute Gasteiger partial charge is 0.290 e. The minimum atomic E-state index is -3.78. The summed E-state index contributed by atoms with van der Waals surface area (Å²) in [5.41, 5.74) is 1.36. The number of fused-ring (bicyclic) bond motifs is 1. The van der Waals surface area contributed by atoms with Gasteiger partial charge in [-0.2, -0.15) is 0 Å². The lowest BCUT2D eigenvalue weighted by molar-refractivity contribution is 0.429. The standard InChI is InChI=1S/C26H28N6O3S/c1-19-10-12-22(13-11-19)36(33,34)32-16-14-23-24(28-18-29-25(23)32)31-15-6-7-20(17-31)30-26(27-2)35-21-8-4-3-5-9-21/h3-5,8-14,16,18,20H,6-7,15,17H2,1-2H3,(H,27,30). The van der Waals surface area contributed by atoms with Gasteiger partial charge in [-0.1, -0.05) is 35.9 Å². The average Bonchev–Trinajstić information content (AvgIpc) is 3.35. The van der Waals surface area contributed by atoms with Crippen molar-refractivity contribution in [1.82, 2.24) is 19.3 Å². The normalized spacial score (nSPS) is 16.8. The van der Waals surface area contributed by atoms with E-state index in [1.165, 1.54) is 10.3 Å². The SMILES string of the molecule is CN=C(NC1CCCN(c2ncnc3c2ccn3S(=O)(=O)c2ccc(C)cc2)C1)Oc1ccccc1. The van der Waals surface area contributed by atoms with Crippen LogP contribution in [0.25, 0.3) is 11.0 Å². The number of benzene rings is 2. The molecular weight excluding hydrogens is 476 g/mol. The number of nitrogens with zero attached hydrogens (tertiary/aromatic N) is 5. The molecule has 0 spiro atoms. The summed E-state index contributed by atoms with van der Waals surface area (Å²) in [6, 6.07) is 18.6. The summed E-state index contributed by atoms with van der Waals surface area (Å²) in [5, 5.41) is 4.09. The van der Waals surface area contributed by atoms with Crippen molar-refractivity contribution in [3.05, 3.63) is 78.8 Å². The fourth-order valence-corrected chi connectivity index (χ4v) is 5.69. The molecule has 0 saturated carbocycles. The van der Waals surface area contributed by atoms with Crippen molar-refractivity contribution in [2.24, 2.45) is 4.99 Å². The van der Waals surface area contributed by atoms with E-state index in [4.69, 9.17) is 4.74 Å². The van der Waals surface area contributed by atoms with Gasteiger partial charge in [0.15, 0.2) is 5.65 Å². The van der Waals surface area contributed by atoms with Crippen LogP contribution in [0.1, 0.15) is 18.4 Å². The van der Waals surface area contributed by atoms with E-state index in [1.807, 2.05) is 37.3 Å². The molecule has 9 nitrogen and oxygen atoms in total. The highest BCUT2D eigenvalue weighted by molar-refractivity contribution is 7.90. The predicted molar refractivity (Wildman–Crippen MR) is 140 cm³/mol. The molecule has 2 aromatic carbocycles. The Labute approximate surface area is 210 Å². The molecule has 3 heterocycles. The first-order valence-corrected chi connectivity index (χ1v) is 13.2. The van der Waals surface area contributed by atoms with Gasteiger partial charge in [0.05, 0.1) is 10.3 Å². The van der Waals surface area contributed by atoms with Crippen molar-refractivity contribution < 1.29 is 13.2 Å². The van der Waals surface area contributed by atoms with Crippen LogP contribution < -0.4 is 15.0 Å². The maximum Gasteiger partial charge on any atom is 0.290 e. The molecule has 2 aromatic heterocycles. The van der Waals surface area contributed by atoms with Crippen LogP contribution in [0.3, 0.4) is 0 Å². The number of amidine groups is 1. The van der Waals surface area contributed by atoms with E-state index in [2.05, 4.69) is 25.2 Å². The van der Waals surface area contributed by atoms with Crippen molar-refractivity contribution in [3.63, 3.8) is 0 Å². The molecule has 1 aliphatic rings. The van der Waals surface area contributed by atoms with Crippen molar-refractivity contribution in [3.8, 4) is 5.75 Å². The Kier molecular flexibility index (Phi) is 6.60. The summed E-state index contributed by atoms with van der Waals surface area (Å²) >= 11 is 0. The van der Waals surface area contributed by atoms with E-state index in [1.54, 1.807) is 43.6 Å². The van der Waals surface area contributed by atoms with E-state index in [0.717, 1.165) is 24.9 Å². The molecule has 0 bridgehead atoms. The summed E-state index contributed by atoms with van der Waals surface area (Å²) in [6.07, 6.45) is 4.86. The Bertz CT molecular complexity index is 1480. The molecule has 0 radical (unpaired) electrons. The first-order valence-electron chi connectivity index (χ1n) is 11.8. The number of ether oxygens (including phenoxy) is 1. The summed E-state index contributed by atoms with van der Waals surface area (Å²) in [7, 11) is -2.09. The van der Waals surface area contributed by atoms with Gasteiger partial charge in [0.1, 0.15) is 17.9 Å². The number of aryl methyl sites for hydroxylation is 1. The number of anilines is 1. The third-order valence-electron chi connectivity index (χ3n) is 6.21. The lowest BCUT2D eigenvalue weighted by Crippen LogP contribution is -2.49. The third-order valence-corrected chi connectivity index (χ3v) is 7.89. The monoisotopic (exact) mass is 504 g/mol. The molecule has 1 N–H and O–H groups in total. The maximum absolute atomic E-state index is 13.3. The number of nitrogens with one attached hydrogen (secondary N) is 1. The van der Waals surface area contributed by atoms with Crippen LogP contribution in [0, 0.1) is 6.92 Å². The maximum atomic E-state index is 13.3. The highest BCUT2D eigenvalue weighted by Gasteiger charge is 2.26. The third kappa shape index (κ3) is 4.76. The molecule has 186 valence electrons. The zero-order chi connectivity index (χ0) is 25.1. The zero-order valence-electron chi connectivity index (χ0n) is 20.2. The Morgan fingerprint density at radius 1 is 1.08 bits per heavy atom. The molecule has 36 heavy (non-hydrogen) atoms. The summed E-state index contributed by atoms with van der Waals surface area (Å²) < 4.78 is 33.8. The molecule has 1 aliphatic heterocycles. The molecule has 1 atom stereocenters. The van der Waals surface area contributed by atoms with Crippen molar-refractivity contribution in [2.75, 3.05) is 25.0 Å². The van der Waals surface area contributed by atoms with Crippen molar-refractivity contribution in [1.29, 1.82) is 0 Å². The van der Waals surface area contributed by atoms with Gasteiger partial charge in [0.2, 0.25) is 0 Å². The number of aliphatic imine (C=N–C) groups is 1. The van der Waals surface area contributed by atoms with Gasteiger partial charge in [-0.15, -0.1) is 0 Å².